The third-order valence-electron chi connectivity index (χ3n) is 4.03. The monoisotopic (exact) mass is 420 g/mol. The molecule has 1 amide bonds. The van der Waals surface area contributed by atoms with E-state index in [9.17, 15) is 9.59 Å². The first-order valence-corrected chi connectivity index (χ1v) is 9.10. The molecule has 0 saturated heterocycles. The minimum Gasteiger partial charge on any atom is -0.444 e. The van der Waals surface area contributed by atoms with Gasteiger partial charge in [-0.2, -0.15) is 9.78 Å². The number of nitrogens with two attached hydrogens (primary N) is 1. The summed E-state index contributed by atoms with van der Waals surface area (Å²) in [5.74, 6) is 0.0118. The Kier molecular flexibility index (Phi) is 4.79. The van der Waals surface area contributed by atoms with Crippen molar-refractivity contribution in [2.75, 3.05) is 12.3 Å². The van der Waals surface area contributed by atoms with Gasteiger partial charge in [-0.1, -0.05) is 12.1 Å². The van der Waals surface area contributed by atoms with Gasteiger partial charge in [0.1, 0.15) is 11.4 Å². The van der Waals surface area contributed by atoms with Crippen molar-refractivity contribution in [2.45, 2.75) is 39.3 Å². The van der Waals surface area contributed by atoms with Crippen LogP contribution in [0.5, 0.6) is 0 Å². The summed E-state index contributed by atoms with van der Waals surface area (Å²) in [6, 6.07) is 7.11. The average molecular weight is 421 g/mol. The summed E-state index contributed by atoms with van der Waals surface area (Å²) >= 11 is 3.37. The highest BCUT2D eigenvalue weighted by atomic mass is 79.9. The van der Waals surface area contributed by atoms with Gasteiger partial charge in [0.15, 0.2) is 0 Å². The smallest absolute Gasteiger partial charge is 0.410 e. The standard InChI is InChI=1S/C18H21BrN4O3/c1-18(2,3)26-17(25)22-9-8-12-14(10-22)21-23(15(12)20)16(24)11-6-4-5-7-13(11)19/h4-7H,8-10,20H2,1-3H3. The molecule has 3 rings (SSSR count). The third kappa shape index (κ3) is 3.60. The van der Waals surface area contributed by atoms with E-state index >= 15 is 0 Å². The Labute approximate surface area is 160 Å². The van der Waals surface area contributed by atoms with Gasteiger partial charge in [0, 0.05) is 16.6 Å². The van der Waals surface area contributed by atoms with Gasteiger partial charge in [-0.15, -0.1) is 0 Å². The lowest BCUT2D eigenvalue weighted by Crippen LogP contribution is -2.39. The number of aromatic nitrogens is 2. The van der Waals surface area contributed by atoms with Crippen molar-refractivity contribution < 1.29 is 14.3 Å². The van der Waals surface area contributed by atoms with Crippen LogP contribution in [0.3, 0.4) is 0 Å². The molecule has 0 bridgehead atoms. The normalized spacial score (nSPS) is 14.1. The molecule has 0 unspecified atom stereocenters. The Morgan fingerprint density at radius 3 is 2.62 bits per heavy atom. The molecule has 8 heteroatoms. The van der Waals surface area contributed by atoms with E-state index in [-0.39, 0.29) is 12.5 Å². The summed E-state index contributed by atoms with van der Waals surface area (Å²) in [7, 11) is 0. The Morgan fingerprint density at radius 2 is 1.96 bits per heavy atom. The van der Waals surface area contributed by atoms with Gasteiger partial charge < -0.3 is 15.4 Å². The fraction of sp³-hybridized carbons (Fsp3) is 0.389. The van der Waals surface area contributed by atoms with Crippen LogP contribution in [0.1, 0.15) is 42.4 Å². The van der Waals surface area contributed by atoms with Crippen LogP contribution in [-0.4, -0.2) is 38.8 Å². The average Bonchev–Trinajstić information content (AvgIpc) is 2.89. The van der Waals surface area contributed by atoms with E-state index in [1.807, 2.05) is 26.8 Å². The third-order valence-corrected chi connectivity index (χ3v) is 4.72. The summed E-state index contributed by atoms with van der Waals surface area (Å²) in [6.07, 6.45) is 0.136. The van der Waals surface area contributed by atoms with Crippen LogP contribution < -0.4 is 5.73 Å². The molecule has 1 aromatic heterocycles. The molecular formula is C18H21BrN4O3. The van der Waals surface area contributed by atoms with Gasteiger partial charge in [-0.3, -0.25) is 4.79 Å². The molecule has 0 radical (unpaired) electrons. The van der Waals surface area contributed by atoms with E-state index in [0.29, 0.717) is 34.5 Å². The topological polar surface area (TPSA) is 90.5 Å². The molecule has 2 N–H and O–H groups in total. The highest BCUT2D eigenvalue weighted by molar-refractivity contribution is 9.10. The molecule has 138 valence electrons. The maximum Gasteiger partial charge on any atom is 0.410 e. The lowest BCUT2D eigenvalue weighted by Gasteiger charge is -2.29. The first kappa shape index (κ1) is 18.4. The van der Waals surface area contributed by atoms with Crippen molar-refractivity contribution >= 4 is 33.7 Å². The number of halogens is 1. The number of fused-ring (bicyclic) bond motifs is 1. The van der Waals surface area contributed by atoms with E-state index in [1.54, 1.807) is 23.1 Å². The zero-order valence-electron chi connectivity index (χ0n) is 15.0. The molecule has 0 atom stereocenters. The SMILES string of the molecule is CC(C)(C)OC(=O)N1CCc2c(nn(C(=O)c3ccccc3Br)c2N)C1. The molecule has 1 aliphatic rings. The number of anilines is 1. The van der Waals surface area contributed by atoms with Gasteiger partial charge in [0.25, 0.3) is 5.91 Å². The summed E-state index contributed by atoms with van der Waals surface area (Å²) in [5.41, 5.74) is 7.51. The lowest BCUT2D eigenvalue weighted by atomic mass is 10.1. The molecule has 0 saturated carbocycles. The van der Waals surface area contributed by atoms with Crippen LogP contribution >= 0.6 is 15.9 Å². The largest absolute Gasteiger partial charge is 0.444 e. The highest BCUT2D eigenvalue weighted by Crippen LogP contribution is 2.27. The van der Waals surface area contributed by atoms with Gasteiger partial charge in [0.2, 0.25) is 0 Å². The first-order chi connectivity index (χ1) is 12.2. The fourth-order valence-electron chi connectivity index (χ4n) is 2.80. The molecule has 0 fully saturated rings. The number of carbonyl (C=O) groups excluding carboxylic acids is 2. The Hall–Kier alpha value is -2.35. The van der Waals surface area contributed by atoms with E-state index in [2.05, 4.69) is 21.0 Å². The van der Waals surface area contributed by atoms with Crippen LogP contribution in [-0.2, 0) is 17.7 Å². The number of rotatable bonds is 1. The minimum atomic E-state index is -0.564. The van der Waals surface area contributed by atoms with E-state index < -0.39 is 11.7 Å². The van der Waals surface area contributed by atoms with Crippen molar-refractivity contribution in [3.05, 3.63) is 45.6 Å². The second-order valence-corrected chi connectivity index (χ2v) is 8.01. The van der Waals surface area contributed by atoms with Crippen molar-refractivity contribution in [3.63, 3.8) is 0 Å². The summed E-state index contributed by atoms with van der Waals surface area (Å²) in [4.78, 5) is 26.7. The quantitative estimate of drug-likeness (QED) is 0.764. The predicted octanol–water partition coefficient (Wildman–Crippen LogP) is 3.21. The summed E-state index contributed by atoms with van der Waals surface area (Å²) < 4.78 is 7.30. The molecule has 26 heavy (non-hydrogen) atoms. The van der Waals surface area contributed by atoms with Crippen LogP contribution in [0, 0.1) is 0 Å². The van der Waals surface area contributed by atoms with Crippen LogP contribution in [0.15, 0.2) is 28.7 Å². The second-order valence-electron chi connectivity index (χ2n) is 7.16. The molecule has 7 nitrogen and oxygen atoms in total. The maximum atomic E-state index is 12.8. The number of amides is 1. The van der Waals surface area contributed by atoms with E-state index in [4.69, 9.17) is 10.5 Å². The zero-order chi connectivity index (χ0) is 19.1. The number of carbonyl (C=O) groups is 2. The van der Waals surface area contributed by atoms with Gasteiger partial charge in [-0.25, -0.2) is 4.79 Å². The molecule has 2 heterocycles. The fourth-order valence-corrected chi connectivity index (χ4v) is 3.26. The molecule has 1 aliphatic heterocycles. The Morgan fingerprint density at radius 1 is 1.27 bits per heavy atom. The van der Waals surface area contributed by atoms with Crippen molar-refractivity contribution in [1.82, 2.24) is 14.7 Å². The maximum absolute atomic E-state index is 12.8. The van der Waals surface area contributed by atoms with Crippen LogP contribution in [0.25, 0.3) is 0 Å². The number of hydrogen-bond donors (Lipinski definition) is 1. The van der Waals surface area contributed by atoms with Crippen molar-refractivity contribution in [2.24, 2.45) is 0 Å². The van der Waals surface area contributed by atoms with E-state index in [0.717, 1.165) is 5.56 Å². The lowest BCUT2D eigenvalue weighted by molar-refractivity contribution is 0.0221. The molecule has 2 aromatic rings. The molecule has 0 aliphatic carbocycles. The number of ether oxygens (including phenoxy) is 1. The Balaban J connectivity index is 1.86. The highest BCUT2D eigenvalue weighted by Gasteiger charge is 2.30. The number of benzene rings is 1. The zero-order valence-corrected chi connectivity index (χ0v) is 16.5. The minimum absolute atomic E-state index is 0.269. The Bertz CT molecular complexity index is 870. The van der Waals surface area contributed by atoms with Gasteiger partial charge >= 0.3 is 6.09 Å². The molecular weight excluding hydrogens is 400 g/mol. The number of nitrogens with zero attached hydrogens (tertiary/aromatic N) is 3. The van der Waals surface area contributed by atoms with Crippen molar-refractivity contribution in [1.29, 1.82) is 0 Å². The summed E-state index contributed by atoms with van der Waals surface area (Å²) in [5, 5.41) is 4.37. The first-order valence-electron chi connectivity index (χ1n) is 8.31. The number of hydrogen-bond acceptors (Lipinski definition) is 5. The van der Waals surface area contributed by atoms with Gasteiger partial charge in [-0.05, 0) is 55.3 Å². The summed E-state index contributed by atoms with van der Waals surface area (Å²) in [6.45, 7) is 6.21. The molecule has 1 aromatic carbocycles. The second kappa shape index (κ2) is 6.75. The van der Waals surface area contributed by atoms with Crippen molar-refractivity contribution in [3.8, 4) is 0 Å². The van der Waals surface area contributed by atoms with Gasteiger partial charge in [0.05, 0.1) is 17.8 Å². The number of nitrogen functional groups attached to an aromatic ring is 1. The molecule has 0 spiro atoms. The van der Waals surface area contributed by atoms with Crippen LogP contribution in [0.4, 0.5) is 10.6 Å². The van der Waals surface area contributed by atoms with E-state index in [1.165, 1.54) is 4.68 Å². The van der Waals surface area contributed by atoms with Crippen LogP contribution in [0.2, 0.25) is 0 Å². The predicted molar refractivity (Wildman–Crippen MR) is 101 cm³/mol.